The average Bonchev–Trinajstić information content (AvgIpc) is 2.90. The molecule has 0 unspecified atom stereocenters. The number of methoxy groups -OCH3 is 1. The van der Waals surface area contributed by atoms with Crippen LogP contribution in [0.3, 0.4) is 0 Å². The molecule has 94 valence electrons. The Labute approximate surface area is 109 Å². The number of esters is 1. The van der Waals surface area contributed by atoms with Crippen LogP contribution in [0.15, 0.2) is 48.9 Å². The van der Waals surface area contributed by atoms with Gasteiger partial charge in [0.2, 0.25) is 0 Å². The van der Waals surface area contributed by atoms with Crippen molar-refractivity contribution in [2.45, 2.75) is 0 Å². The van der Waals surface area contributed by atoms with Gasteiger partial charge in [-0.2, -0.15) is 0 Å². The Balaban J connectivity index is 2.13. The van der Waals surface area contributed by atoms with Crippen molar-refractivity contribution < 1.29 is 9.53 Å². The summed E-state index contributed by atoms with van der Waals surface area (Å²) in [6.45, 7) is 0. The molecule has 0 saturated heterocycles. The lowest BCUT2D eigenvalue weighted by atomic mass is 10.2. The van der Waals surface area contributed by atoms with E-state index in [9.17, 15) is 4.79 Å². The van der Waals surface area contributed by atoms with E-state index in [0.29, 0.717) is 5.56 Å². The molecule has 0 aliphatic carbocycles. The minimum Gasteiger partial charge on any atom is -0.465 e. The third kappa shape index (κ3) is 1.95. The molecule has 0 saturated carbocycles. The fraction of sp³-hybridized carbons (Fsp3) is 0.0714. The van der Waals surface area contributed by atoms with Gasteiger partial charge in [0.15, 0.2) is 5.82 Å². The molecule has 0 aromatic carbocycles. The highest BCUT2D eigenvalue weighted by atomic mass is 16.5. The van der Waals surface area contributed by atoms with Crippen LogP contribution >= 0.6 is 0 Å². The molecule has 0 aliphatic heterocycles. The number of aromatic nitrogens is 3. The van der Waals surface area contributed by atoms with Crippen molar-refractivity contribution in [1.82, 2.24) is 14.4 Å². The molecule has 3 rings (SSSR count). The van der Waals surface area contributed by atoms with Crippen LogP contribution in [0.2, 0.25) is 0 Å². The van der Waals surface area contributed by atoms with Gasteiger partial charge in [-0.1, -0.05) is 6.07 Å². The normalized spacial score (nSPS) is 10.6. The summed E-state index contributed by atoms with van der Waals surface area (Å²) in [7, 11) is 1.36. The summed E-state index contributed by atoms with van der Waals surface area (Å²) in [5, 5.41) is 0. The van der Waals surface area contributed by atoms with E-state index in [-0.39, 0.29) is 5.97 Å². The van der Waals surface area contributed by atoms with Gasteiger partial charge in [0, 0.05) is 12.4 Å². The molecule has 5 nitrogen and oxygen atoms in total. The number of imidazole rings is 1. The number of hydrogen-bond donors (Lipinski definition) is 0. The van der Waals surface area contributed by atoms with E-state index in [1.54, 1.807) is 30.7 Å². The van der Waals surface area contributed by atoms with Gasteiger partial charge >= 0.3 is 5.97 Å². The SMILES string of the molecule is COC(=O)c1ccn2c(-c3ccccn3)ncc2c1. The molecule has 3 heterocycles. The summed E-state index contributed by atoms with van der Waals surface area (Å²) < 4.78 is 6.58. The first-order chi connectivity index (χ1) is 9.29. The van der Waals surface area contributed by atoms with Gasteiger partial charge in [-0.05, 0) is 24.3 Å². The molecule has 0 aliphatic rings. The van der Waals surface area contributed by atoms with E-state index in [2.05, 4.69) is 9.97 Å². The number of hydrogen-bond acceptors (Lipinski definition) is 4. The van der Waals surface area contributed by atoms with E-state index in [1.165, 1.54) is 7.11 Å². The Morgan fingerprint density at radius 3 is 2.89 bits per heavy atom. The topological polar surface area (TPSA) is 56.5 Å². The Hall–Kier alpha value is -2.69. The van der Waals surface area contributed by atoms with Gasteiger partial charge in [0.1, 0.15) is 5.69 Å². The minimum absolute atomic E-state index is 0.358. The first-order valence-corrected chi connectivity index (χ1v) is 5.76. The van der Waals surface area contributed by atoms with E-state index in [4.69, 9.17) is 4.74 Å². The molecule has 0 radical (unpaired) electrons. The number of rotatable bonds is 2. The Morgan fingerprint density at radius 2 is 2.16 bits per heavy atom. The van der Waals surface area contributed by atoms with Crippen molar-refractivity contribution in [3.05, 3.63) is 54.5 Å². The van der Waals surface area contributed by atoms with E-state index < -0.39 is 0 Å². The van der Waals surface area contributed by atoms with E-state index >= 15 is 0 Å². The third-order valence-electron chi connectivity index (χ3n) is 2.85. The van der Waals surface area contributed by atoms with Crippen molar-refractivity contribution in [2.24, 2.45) is 0 Å². The molecule has 0 spiro atoms. The van der Waals surface area contributed by atoms with Gasteiger partial charge in [-0.3, -0.25) is 9.38 Å². The summed E-state index contributed by atoms with van der Waals surface area (Å²) >= 11 is 0. The first-order valence-electron chi connectivity index (χ1n) is 5.76. The standard InChI is InChI=1S/C14H11N3O2/c1-19-14(18)10-5-7-17-11(8-10)9-16-13(17)12-4-2-3-6-15-12/h2-9H,1H3. The van der Waals surface area contributed by atoms with Crippen molar-refractivity contribution in [2.75, 3.05) is 7.11 Å². The van der Waals surface area contributed by atoms with Crippen molar-refractivity contribution >= 4 is 11.5 Å². The molecular weight excluding hydrogens is 242 g/mol. The molecule has 3 aromatic rings. The van der Waals surface area contributed by atoms with Crippen LogP contribution < -0.4 is 0 Å². The second-order valence-corrected chi connectivity index (χ2v) is 4.00. The molecular formula is C14H11N3O2. The fourth-order valence-corrected chi connectivity index (χ4v) is 1.93. The zero-order chi connectivity index (χ0) is 13.2. The predicted octanol–water partition coefficient (Wildman–Crippen LogP) is 2.18. The summed E-state index contributed by atoms with van der Waals surface area (Å²) in [5.41, 5.74) is 2.11. The minimum atomic E-state index is -0.358. The highest BCUT2D eigenvalue weighted by Gasteiger charge is 2.10. The van der Waals surface area contributed by atoms with Gasteiger partial charge in [-0.15, -0.1) is 0 Å². The van der Waals surface area contributed by atoms with Crippen LogP contribution in [0.4, 0.5) is 0 Å². The second-order valence-electron chi connectivity index (χ2n) is 4.00. The lowest BCUT2D eigenvalue weighted by molar-refractivity contribution is 0.0601. The van der Waals surface area contributed by atoms with Gasteiger partial charge < -0.3 is 4.74 Å². The maximum atomic E-state index is 11.5. The van der Waals surface area contributed by atoms with Crippen LogP contribution in [0.5, 0.6) is 0 Å². The second kappa shape index (κ2) is 4.53. The zero-order valence-electron chi connectivity index (χ0n) is 10.3. The quantitative estimate of drug-likeness (QED) is 0.657. The first kappa shape index (κ1) is 11.4. The summed E-state index contributed by atoms with van der Waals surface area (Å²) in [4.78, 5) is 20.1. The molecule has 0 atom stereocenters. The van der Waals surface area contributed by atoms with Crippen LogP contribution in [0, 0.1) is 0 Å². The highest BCUT2D eigenvalue weighted by Crippen LogP contribution is 2.18. The molecule has 0 bridgehead atoms. The number of fused-ring (bicyclic) bond motifs is 1. The number of pyridine rings is 2. The van der Waals surface area contributed by atoms with Crippen LogP contribution in [-0.2, 0) is 4.74 Å². The van der Waals surface area contributed by atoms with Crippen LogP contribution in [0.1, 0.15) is 10.4 Å². The lowest BCUT2D eigenvalue weighted by Crippen LogP contribution is -2.02. The monoisotopic (exact) mass is 253 g/mol. The fourth-order valence-electron chi connectivity index (χ4n) is 1.93. The number of nitrogens with zero attached hydrogens (tertiary/aromatic N) is 3. The molecule has 3 aromatic heterocycles. The maximum Gasteiger partial charge on any atom is 0.337 e. The highest BCUT2D eigenvalue weighted by molar-refractivity contribution is 5.90. The molecule has 0 amide bonds. The Morgan fingerprint density at radius 1 is 1.26 bits per heavy atom. The van der Waals surface area contributed by atoms with Gasteiger partial charge in [0.25, 0.3) is 0 Å². The van der Waals surface area contributed by atoms with Crippen molar-refractivity contribution in [3.63, 3.8) is 0 Å². The smallest absolute Gasteiger partial charge is 0.337 e. The average molecular weight is 253 g/mol. The number of ether oxygens (including phenoxy) is 1. The van der Waals surface area contributed by atoms with Crippen LogP contribution in [-0.4, -0.2) is 27.4 Å². The van der Waals surface area contributed by atoms with E-state index in [0.717, 1.165) is 17.0 Å². The maximum absolute atomic E-state index is 11.5. The van der Waals surface area contributed by atoms with Gasteiger partial charge in [-0.25, -0.2) is 9.78 Å². The molecule has 0 fully saturated rings. The van der Waals surface area contributed by atoms with Crippen LogP contribution in [0.25, 0.3) is 17.0 Å². The van der Waals surface area contributed by atoms with Crippen molar-refractivity contribution in [3.8, 4) is 11.5 Å². The zero-order valence-corrected chi connectivity index (χ0v) is 10.3. The number of carbonyl (C=O) groups excluding carboxylic acids is 1. The summed E-state index contributed by atoms with van der Waals surface area (Å²) in [5.74, 6) is 0.384. The summed E-state index contributed by atoms with van der Waals surface area (Å²) in [6, 6.07) is 9.10. The molecule has 19 heavy (non-hydrogen) atoms. The van der Waals surface area contributed by atoms with Gasteiger partial charge in [0.05, 0.1) is 24.4 Å². The predicted molar refractivity (Wildman–Crippen MR) is 69.8 cm³/mol. The largest absolute Gasteiger partial charge is 0.465 e. The lowest BCUT2D eigenvalue weighted by Gasteiger charge is -2.02. The number of carbonyl (C=O) groups is 1. The van der Waals surface area contributed by atoms with Crippen molar-refractivity contribution in [1.29, 1.82) is 0 Å². The summed E-state index contributed by atoms with van der Waals surface area (Å²) in [6.07, 6.45) is 5.22. The molecule has 5 heteroatoms. The Kier molecular flexibility index (Phi) is 2.72. The Bertz CT molecular complexity index is 735. The van der Waals surface area contributed by atoms with E-state index in [1.807, 2.05) is 22.6 Å². The third-order valence-corrected chi connectivity index (χ3v) is 2.85. The molecule has 0 N–H and O–H groups in total.